The van der Waals surface area contributed by atoms with Gasteiger partial charge in [0.15, 0.2) is 0 Å². The second-order valence-electron chi connectivity index (χ2n) is 3.19. The molecule has 0 amide bonds. The van der Waals surface area contributed by atoms with Gasteiger partial charge in [0.25, 0.3) is 0 Å². The molecule has 0 aromatic heterocycles. The maximum Gasteiger partial charge on any atom is 0.0543 e. The molecule has 0 aliphatic rings. The highest BCUT2D eigenvalue weighted by Crippen LogP contribution is 2.03. The summed E-state index contributed by atoms with van der Waals surface area (Å²) in [5, 5.41) is 11.5. The Morgan fingerprint density at radius 1 is 1.36 bits per heavy atom. The van der Waals surface area contributed by atoms with Crippen LogP contribution < -0.4 is 0 Å². The lowest BCUT2D eigenvalue weighted by molar-refractivity contribution is 0.317. The van der Waals surface area contributed by atoms with Gasteiger partial charge in [-0.25, -0.2) is 0 Å². The maximum absolute atomic E-state index is 8.42. The van der Waals surface area contributed by atoms with Gasteiger partial charge < -0.3 is 5.21 Å². The van der Waals surface area contributed by atoms with Crippen molar-refractivity contribution in [3.8, 4) is 0 Å². The Bertz CT molecular complexity index is 314. The Hall–Kier alpha value is -1.57. The van der Waals surface area contributed by atoms with Crippen LogP contribution in [0.2, 0.25) is 0 Å². The van der Waals surface area contributed by atoms with Crippen LogP contribution in [0.5, 0.6) is 0 Å². The van der Waals surface area contributed by atoms with Crippen LogP contribution in [-0.4, -0.2) is 10.9 Å². The van der Waals surface area contributed by atoms with E-state index >= 15 is 0 Å². The quantitative estimate of drug-likeness (QED) is 0.440. The molecule has 1 rings (SSSR count). The van der Waals surface area contributed by atoms with E-state index in [1.807, 2.05) is 25.1 Å². The van der Waals surface area contributed by atoms with Crippen molar-refractivity contribution in [1.82, 2.24) is 0 Å². The second-order valence-corrected chi connectivity index (χ2v) is 3.19. The number of allylic oxidation sites excluding steroid dienone is 1. The van der Waals surface area contributed by atoms with E-state index in [0.717, 1.165) is 18.6 Å². The number of rotatable bonds is 4. The molecule has 0 heterocycles. The van der Waals surface area contributed by atoms with Crippen molar-refractivity contribution in [3.63, 3.8) is 0 Å². The molecule has 0 atom stereocenters. The Morgan fingerprint density at radius 2 is 2.07 bits per heavy atom. The van der Waals surface area contributed by atoms with Crippen molar-refractivity contribution in [2.45, 2.75) is 19.8 Å². The monoisotopic (exact) mass is 189 g/mol. The molecule has 0 saturated carbocycles. The number of hydrogen-bond acceptors (Lipinski definition) is 2. The van der Waals surface area contributed by atoms with Gasteiger partial charge in [-0.3, -0.25) is 0 Å². The molecule has 2 heteroatoms. The van der Waals surface area contributed by atoms with Gasteiger partial charge in [0.05, 0.1) is 5.71 Å². The van der Waals surface area contributed by atoms with Crippen LogP contribution in [0.25, 0.3) is 6.08 Å². The molecule has 0 radical (unpaired) electrons. The van der Waals surface area contributed by atoms with Crippen molar-refractivity contribution in [2.24, 2.45) is 5.16 Å². The maximum atomic E-state index is 8.42. The SMILES string of the molecule is C/C(CC/C=C/c1ccccc1)=N/O. The molecular weight excluding hydrogens is 174 g/mol. The van der Waals surface area contributed by atoms with E-state index in [-0.39, 0.29) is 0 Å². The van der Waals surface area contributed by atoms with Crippen molar-refractivity contribution >= 4 is 11.8 Å². The van der Waals surface area contributed by atoms with E-state index in [0.29, 0.717) is 0 Å². The minimum absolute atomic E-state index is 0.766. The van der Waals surface area contributed by atoms with Crippen LogP contribution in [0.1, 0.15) is 25.3 Å². The summed E-state index contributed by atoms with van der Waals surface area (Å²) in [6.07, 6.45) is 5.87. The standard InChI is InChI=1S/C12H15NO/c1-11(13-14)7-5-6-10-12-8-3-2-4-9-12/h2-4,6,8-10,14H,5,7H2,1H3/b10-6+,13-11-. The first kappa shape index (κ1) is 10.5. The third-order valence-corrected chi connectivity index (χ3v) is 1.95. The molecule has 74 valence electrons. The molecule has 0 saturated heterocycles. The third kappa shape index (κ3) is 3.90. The summed E-state index contributed by atoms with van der Waals surface area (Å²) in [6, 6.07) is 10.1. The smallest absolute Gasteiger partial charge is 0.0543 e. The van der Waals surface area contributed by atoms with Crippen LogP contribution >= 0.6 is 0 Å². The summed E-state index contributed by atoms with van der Waals surface area (Å²) in [6.45, 7) is 1.82. The number of oxime groups is 1. The first-order valence-electron chi connectivity index (χ1n) is 4.72. The second kappa shape index (κ2) is 5.97. The molecule has 0 aliphatic heterocycles. The molecule has 1 N–H and O–H groups in total. The topological polar surface area (TPSA) is 32.6 Å². The van der Waals surface area contributed by atoms with Crippen LogP contribution in [-0.2, 0) is 0 Å². The minimum Gasteiger partial charge on any atom is -0.411 e. The zero-order valence-electron chi connectivity index (χ0n) is 8.35. The van der Waals surface area contributed by atoms with Gasteiger partial charge in [-0.2, -0.15) is 0 Å². The van der Waals surface area contributed by atoms with E-state index < -0.39 is 0 Å². The van der Waals surface area contributed by atoms with E-state index in [4.69, 9.17) is 5.21 Å². The van der Waals surface area contributed by atoms with E-state index in [9.17, 15) is 0 Å². The summed E-state index contributed by atoms with van der Waals surface area (Å²) in [5.74, 6) is 0. The Kier molecular flexibility index (Phi) is 4.48. The molecule has 0 fully saturated rings. The highest BCUT2D eigenvalue weighted by Gasteiger charge is 1.88. The molecule has 2 nitrogen and oxygen atoms in total. The van der Waals surface area contributed by atoms with Gasteiger partial charge in [0, 0.05) is 0 Å². The summed E-state index contributed by atoms with van der Waals surface area (Å²) in [5.41, 5.74) is 1.97. The first-order valence-corrected chi connectivity index (χ1v) is 4.72. The zero-order chi connectivity index (χ0) is 10.2. The molecule has 0 aliphatic carbocycles. The van der Waals surface area contributed by atoms with Crippen LogP contribution in [0, 0.1) is 0 Å². The van der Waals surface area contributed by atoms with Gasteiger partial charge >= 0.3 is 0 Å². The molecule has 0 bridgehead atoms. The average molecular weight is 189 g/mol. The molecule has 1 aromatic carbocycles. The van der Waals surface area contributed by atoms with Gasteiger partial charge in [-0.15, -0.1) is 0 Å². The van der Waals surface area contributed by atoms with Crippen molar-refractivity contribution in [2.75, 3.05) is 0 Å². The molecular formula is C12H15NO. The van der Waals surface area contributed by atoms with Gasteiger partial charge in [0.2, 0.25) is 0 Å². The minimum atomic E-state index is 0.766. The summed E-state index contributed by atoms with van der Waals surface area (Å²) >= 11 is 0. The highest BCUT2D eigenvalue weighted by atomic mass is 16.4. The predicted octanol–water partition coefficient (Wildman–Crippen LogP) is 3.33. The number of hydrogen-bond donors (Lipinski definition) is 1. The number of benzene rings is 1. The summed E-state index contributed by atoms with van der Waals surface area (Å²) in [7, 11) is 0. The molecule has 1 aromatic rings. The summed E-state index contributed by atoms with van der Waals surface area (Å²) in [4.78, 5) is 0. The molecule has 0 spiro atoms. The fourth-order valence-corrected chi connectivity index (χ4v) is 1.13. The lowest BCUT2D eigenvalue weighted by Gasteiger charge is -1.93. The van der Waals surface area contributed by atoms with E-state index in [1.165, 1.54) is 5.56 Å². The fourth-order valence-electron chi connectivity index (χ4n) is 1.13. The van der Waals surface area contributed by atoms with Gasteiger partial charge in [-0.1, -0.05) is 47.6 Å². The Labute approximate surface area is 84.6 Å². The molecule has 14 heavy (non-hydrogen) atoms. The summed E-state index contributed by atoms with van der Waals surface area (Å²) < 4.78 is 0. The lowest BCUT2D eigenvalue weighted by atomic mass is 10.1. The normalized spacial score (nSPS) is 12.2. The lowest BCUT2D eigenvalue weighted by Crippen LogP contribution is -1.88. The van der Waals surface area contributed by atoms with Crippen molar-refractivity contribution < 1.29 is 5.21 Å². The Balaban J connectivity index is 2.35. The average Bonchev–Trinajstić information content (AvgIpc) is 2.25. The van der Waals surface area contributed by atoms with Crippen LogP contribution in [0.3, 0.4) is 0 Å². The zero-order valence-corrected chi connectivity index (χ0v) is 8.35. The fraction of sp³-hybridized carbons (Fsp3) is 0.250. The third-order valence-electron chi connectivity index (χ3n) is 1.95. The first-order chi connectivity index (χ1) is 6.83. The highest BCUT2D eigenvalue weighted by molar-refractivity contribution is 5.81. The largest absolute Gasteiger partial charge is 0.411 e. The van der Waals surface area contributed by atoms with Crippen molar-refractivity contribution in [3.05, 3.63) is 42.0 Å². The predicted molar refractivity (Wildman–Crippen MR) is 59.6 cm³/mol. The molecule has 0 unspecified atom stereocenters. The van der Waals surface area contributed by atoms with Crippen LogP contribution in [0.15, 0.2) is 41.6 Å². The van der Waals surface area contributed by atoms with E-state index in [2.05, 4.69) is 29.4 Å². The van der Waals surface area contributed by atoms with Crippen LogP contribution in [0.4, 0.5) is 0 Å². The van der Waals surface area contributed by atoms with Gasteiger partial charge in [0.1, 0.15) is 0 Å². The van der Waals surface area contributed by atoms with E-state index in [1.54, 1.807) is 0 Å². The van der Waals surface area contributed by atoms with Gasteiger partial charge in [-0.05, 0) is 25.3 Å². The van der Waals surface area contributed by atoms with Crippen molar-refractivity contribution in [1.29, 1.82) is 0 Å². The Morgan fingerprint density at radius 3 is 2.71 bits per heavy atom. The number of nitrogens with zero attached hydrogens (tertiary/aromatic N) is 1.